The largest absolute Gasteiger partial charge is 0.297 e. The summed E-state index contributed by atoms with van der Waals surface area (Å²) in [4.78, 5) is 17.4. The smallest absolute Gasteiger partial charge is 0.267 e. The average Bonchev–Trinajstić information content (AvgIpc) is 3.22. The minimum absolute atomic E-state index is 0.146. The van der Waals surface area contributed by atoms with Crippen LogP contribution in [0.4, 0.5) is 5.13 Å². The molecule has 0 spiro atoms. The first kappa shape index (κ1) is 19.9. The lowest BCUT2D eigenvalue weighted by Gasteiger charge is -2.29. The Kier molecular flexibility index (Phi) is 5.66. The SMILES string of the molecule is CC(C)N(C(C)C)S(=O)(=O)c1ccc2nc(NC(=O)c3cccs3)sc2c1. The van der Waals surface area contributed by atoms with E-state index >= 15 is 0 Å². The Bertz CT molecular complexity index is 1050. The molecule has 9 heteroatoms. The molecule has 1 amide bonds. The highest BCUT2D eigenvalue weighted by Gasteiger charge is 2.29. The van der Waals surface area contributed by atoms with Crippen LogP contribution in [0.25, 0.3) is 10.2 Å². The van der Waals surface area contributed by atoms with Gasteiger partial charge in [0.2, 0.25) is 10.0 Å². The number of carbonyl (C=O) groups is 1. The van der Waals surface area contributed by atoms with E-state index in [1.54, 1.807) is 24.3 Å². The molecule has 1 aromatic carbocycles. The summed E-state index contributed by atoms with van der Waals surface area (Å²) in [5.74, 6) is -0.220. The molecule has 0 aliphatic carbocycles. The van der Waals surface area contributed by atoms with Crippen LogP contribution in [0, 0.1) is 0 Å². The molecule has 0 atom stereocenters. The van der Waals surface area contributed by atoms with E-state index in [0.717, 1.165) is 0 Å². The Hall–Kier alpha value is -1.81. The first-order valence-electron chi connectivity index (χ1n) is 8.49. The quantitative estimate of drug-likeness (QED) is 0.637. The third-order valence-electron chi connectivity index (χ3n) is 3.92. The highest BCUT2D eigenvalue weighted by molar-refractivity contribution is 7.89. The van der Waals surface area contributed by atoms with E-state index in [1.807, 2.05) is 39.1 Å². The van der Waals surface area contributed by atoms with Crippen molar-refractivity contribution in [3.8, 4) is 0 Å². The Morgan fingerprint density at radius 1 is 1.15 bits per heavy atom. The summed E-state index contributed by atoms with van der Waals surface area (Å²) in [6.45, 7) is 7.45. The zero-order valence-electron chi connectivity index (χ0n) is 15.5. The second-order valence-electron chi connectivity index (χ2n) is 6.60. The van der Waals surface area contributed by atoms with Gasteiger partial charge in [0.15, 0.2) is 5.13 Å². The van der Waals surface area contributed by atoms with Gasteiger partial charge in [-0.2, -0.15) is 4.31 Å². The average molecular weight is 424 g/mol. The molecule has 144 valence electrons. The van der Waals surface area contributed by atoms with Crippen LogP contribution in [-0.4, -0.2) is 35.7 Å². The van der Waals surface area contributed by atoms with E-state index in [4.69, 9.17) is 0 Å². The molecule has 0 fully saturated rings. The molecule has 3 aromatic rings. The van der Waals surface area contributed by atoms with Crippen molar-refractivity contribution in [3.05, 3.63) is 40.6 Å². The molecule has 6 nitrogen and oxygen atoms in total. The Morgan fingerprint density at radius 3 is 2.44 bits per heavy atom. The minimum Gasteiger partial charge on any atom is -0.297 e. The number of thiophene rings is 1. The third kappa shape index (κ3) is 4.06. The van der Waals surface area contributed by atoms with Crippen molar-refractivity contribution in [1.82, 2.24) is 9.29 Å². The molecule has 3 rings (SSSR count). The van der Waals surface area contributed by atoms with Gasteiger partial charge < -0.3 is 0 Å². The fraction of sp³-hybridized carbons (Fsp3) is 0.333. The normalized spacial score (nSPS) is 12.4. The molecule has 2 heterocycles. The Balaban J connectivity index is 1.93. The number of sulfonamides is 1. The second-order valence-corrected chi connectivity index (χ2v) is 10.4. The molecule has 0 radical (unpaired) electrons. The predicted octanol–water partition coefficient (Wildman–Crippen LogP) is 4.42. The van der Waals surface area contributed by atoms with Crippen LogP contribution in [0.3, 0.4) is 0 Å². The van der Waals surface area contributed by atoms with Crippen LogP contribution in [0.5, 0.6) is 0 Å². The molecule has 1 N–H and O–H groups in total. The van der Waals surface area contributed by atoms with Gasteiger partial charge in [-0.3, -0.25) is 10.1 Å². The number of fused-ring (bicyclic) bond motifs is 1. The molecule has 2 aromatic heterocycles. The lowest BCUT2D eigenvalue weighted by atomic mass is 10.3. The van der Waals surface area contributed by atoms with Crippen molar-refractivity contribution in [3.63, 3.8) is 0 Å². The van der Waals surface area contributed by atoms with E-state index in [-0.39, 0.29) is 22.9 Å². The number of benzene rings is 1. The van der Waals surface area contributed by atoms with Crippen LogP contribution < -0.4 is 5.32 Å². The molecule has 0 aliphatic heterocycles. The molecule has 0 bridgehead atoms. The summed E-state index contributed by atoms with van der Waals surface area (Å²) < 4.78 is 28.3. The number of amides is 1. The summed E-state index contributed by atoms with van der Waals surface area (Å²) in [5.41, 5.74) is 0.654. The van der Waals surface area contributed by atoms with Crippen molar-refractivity contribution >= 4 is 54.0 Å². The van der Waals surface area contributed by atoms with Crippen molar-refractivity contribution in [2.24, 2.45) is 0 Å². The van der Waals surface area contributed by atoms with E-state index in [9.17, 15) is 13.2 Å². The Morgan fingerprint density at radius 2 is 1.85 bits per heavy atom. The fourth-order valence-electron chi connectivity index (χ4n) is 2.96. The van der Waals surface area contributed by atoms with Gasteiger partial charge in [-0.15, -0.1) is 11.3 Å². The maximum atomic E-state index is 13.0. The third-order valence-corrected chi connectivity index (χ3v) is 7.97. The van der Waals surface area contributed by atoms with Crippen LogP contribution in [0.15, 0.2) is 40.6 Å². The summed E-state index contributed by atoms with van der Waals surface area (Å²) in [7, 11) is -3.61. The molecule has 0 unspecified atom stereocenters. The predicted molar refractivity (Wildman–Crippen MR) is 111 cm³/mol. The van der Waals surface area contributed by atoms with Crippen molar-refractivity contribution in [2.75, 3.05) is 5.32 Å². The lowest BCUT2D eigenvalue weighted by molar-refractivity contribution is 0.103. The van der Waals surface area contributed by atoms with Gasteiger partial charge in [-0.05, 0) is 57.3 Å². The van der Waals surface area contributed by atoms with Gasteiger partial charge in [0.1, 0.15) is 0 Å². The van der Waals surface area contributed by atoms with E-state index in [1.165, 1.54) is 27.0 Å². The first-order valence-corrected chi connectivity index (χ1v) is 11.6. The van der Waals surface area contributed by atoms with Gasteiger partial charge in [-0.25, -0.2) is 13.4 Å². The number of anilines is 1. The monoisotopic (exact) mass is 423 g/mol. The van der Waals surface area contributed by atoms with Crippen molar-refractivity contribution < 1.29 is 13.2 Å². The van der Waals surface area contributed by atoms with E-state index in [2.05, 4.69) is 10.3 Å². The van der Waals surface area contributed by atoms with Crippen LogP contribution >= 0.6 is 22.7 Å². The first-order chi connectivity index (χ1) is 12.7. The highest BCUT2D eigenvalue weighted by atomic mass is 32.2. The molecular weight excluding hydrogens is 402 g/mol. The van der Waals surface area contributed by atoms with Crippen LogP contribution in [-0.2, 0) is 10.0 Å². The summed E-state index contributed by atoms with van der Waals surface area (Å²) in [6.07, 6.45) is 0. The van der Waals surface area contributed by atoms with Crippen LogP contribution in [0.1, 0.15) is 37.4 Å². The van der Waals surface area contributed by atoms with Gasteiger partial charge in [0.25, 0.3) is 5.91 Å². The molecule has 0 saturated heterocycles. The molecular formula is C18H21N3O3S3. The minimum atomic E-state index is -3.61. The summed E-state index contributed by atoms with van der Waals surface area (Å²) in [5, 5.41) is 5.05. The number of rotatable bonds is 6. The van der Waals surface area contributed by atoms with Gasteiger partial charge in [0, 0.05) is 12.1 Å². The molecule has 0 aliphatic rings. The van der Waals surface area contributed by atoms with E-state index in [0.29, 0.717) is 20.2 Å². The number of thiazole rings is 1. The zero-order chi connectivity index (χ0) is 19.8. The van der Waals surface area contributed by atoms with Gasteiger partial charge in [-0.1, -0.05) is 17.4 Å². The number of nitrogens with zero attached hydrogens (tertiary/aromatic N) is 2. The summed E-state index contributed by atoms with van der Waals surface area (Å²) in [6, 6.07) is 8.13. The van der Waals surface area contributed by atoms with Crippen molar-refractivity contribution in [2.45, 2.75) is 44.7 Å². The standard InChI is InChI=1S/C18H21N3O3S3/c1-11(2)21(12(3)4)27(23,24)13-7-8-14-16(10-13)26-18(19-14)20-17(22)15-6-5-9-25-15/h5-12H,1-4H3,(H,19,20,22). The highest BCUT2D eigenvalue weighted by Crippen LogP contribution is 2.30. The van der Waals surface area contributed by atoms with E-state index < -0.39 is 10.0 Å². The number of nitrogens with one attached hydrogen (secondary N) is 1. The Labute approximate surface area is 166 Å². The second kappa shape index (κ2) is 7.67. The summed E-state index contributed by atoms with van der Waals surface area (Å²) >= 11 is 2.61. The molecule has 0 saturated carbocycles. The number of carbonyl (C=O) groups excluding carboxylic acids is 1. The van der Waals surface area contributed by atoms with Gasteiger partial charge >= 0.3 is 0 Å². The lowest BCUT2D eigenvalue weighted by Crippen LogP contribution is -2.41. The van der Waals surface area contributed by atoms with Crippen LogP contribution in [0.2, 0.25) is 0 Å². The maximum Gasteiger partial charge on any atom is 0.267 e. The van der Waals surface area contributed by atoms with Crippen molar-refractivity contribution in [1.29, 1.82) is 0 Å². The molecule has 27 heavy (non-hydrogen) atoms. The fourth-order valence-corrected chi connectivity index (χ4v) is 6.41. The zero-order valence-corrected chi connectivity index (χ0v) is 17.9. The number of hydrogen-bond donors (Lipinski definition) is 1. The number of aromatic nitrogens is 1. The van der Waals surface area contributed by atoms with Gasteiger partial charge in [0.05, 0.1) is 20.0 Å². The topological polar surface area (TPSA) is 79.4 Å². The number of hydrogen-bond acceptors (Lipinski definition) is 6. The maximum absolute atomic E-state index is 13.0.